The summed E-state index contributed by atoms with van der Waals surface area (Å²) in [6.07, 6.45) is 3.14. The largest absolute Gasteiger partial charge is 0.348 e. The van der Waals surface area contributed by atoms with Gasteiger partial charge in [-0.3, -0.25) is 14.6 Å². The van der Waals surface area contributed by atoms with E-state index >= 15 is 0 Å². The van der Waals surface area contributed by atoms with Gasteiger partial charge in [-0.1, -0.05) is 29.8 Å². The SMILES string of the molecule is Cc1cccc(C(=O)Nc2cccc(CNC(=O)c3cccnc3)c2)c1. The van der Waals surface area contributed by atoms with E-state index in [-0.39, 0.29) is 11.8 Å². The minimum absolute atomic E-state index is 0.162. The number of benzene rings is 2. The minimum atomic E-state index is -0.188. The van der Waals surface area contributed by atoms with Gasteiger partial charge in [0.1, 0.15) is 0 Å². The van der Waals surface area contributed by atoms with Crippen LogP contribution in [0.3, 0.4) is 0 Å². The highest BCUT2D eigenvalue weighted by Gasteiger charge is 2.08. The van der Waals surface area contributed by atoms with Crippen molar-refractivity contribution in [1.82, 2.24) is 10.3 Å². The fourth-order valence-electron chi connectivity index (χ4n) is 2.53. The van der Waals surface area contributed by atoms with E-state index in [2.05, 4.69) is 15.6 Å². The van der Waals surface area contributed by atoms with Crippen molar-refractivity contribution in [3.63, 3.8) is 0 Å². The van der Waals surface area contributed by atoms with Gasteiger partial charge in [-0.05, 0) is 48.9 Å². The highest BCUT2D eigenvalue weighted by atomic mass is 16.2. The highest BCUT2D eigenvalue weighted by molar-refractivity contribution is 6.04. The molecule has 0 bridgehead atoms. The lowest BCUT2D eigenvalue weighted by Gasteiger charge is -2.09. The summed E-state index contributed by atoms with van der Waals surface area (Å²) < 4.78 is 0. The van der Waals surface area contributed by atoms with Crippen LogP contribution in [0.25, 0.3) is 0 Å². The van der Waals surface area contributed by atoms with Crippen LogP contribution < -0.4 is 10.6 Å². The van der Waals surface area contributed by atoms with Gasteiger partial charge in [0.2, 0.25) is 0 Å². The van der Waals surface area contributed by atoms with Crippen molar-refractivity contribution >= 4 is 17.5 Å². The Morgan fingerprint density at radius 3 is 2.50 bits per heavy atom. The zero-order chi connectivity index (χ0) is 18.4. The molecule has 1 heterocycles. The summed E-state index contributed by atoms with van der Waals surface area (Å²) in [5.41, 5.74) is 3.73. The maximum atomic E-state index is 12.3. The lowest BCUT2D eigenvalue weighted by atomic mass is 10.1. The zero-order valence-corrected chi connectivity index (χ0v) is 14.4. The summed E-state index contributed by atoms with van der Waals surface area (Å²) in [4.78, 5) is 28.4. The predicted octanol–water partition coefficient (Wildman–Crippen LogP) is 3.57. The van der Waals surface area contributed by atoms with Crippen molar-refractivity contribution in [2.75, 3.05) is 5.32 Å². The molecule has 0 spiro atoms. The first-order valence-electron chi connectivity index (χ1n) is 8.27. The number of hydrogen-bond donors (Lipinski definition) is 2. The molecule has 0 atom stereocenters. The summed E-state index contributed by atoms with van der Waals surface area (Å²) in [5.74, 6) is -0.349. The molecule has 0 aliphatic heterocycles. The molecule has 26 heavy (non-hydrogen) atoms. The first-order valence-corrected chi connectivity index (χ1v) is 8.27. The third kappa shape index (κ3) is 4.54. The Hall–Kier alpha value is -3.47. The van der Waals surface area contributed by atoms with E-state index in [0.29, 0.717) is 23.4 Å². The fourth-order valence-corrected chi connectivity index (χ4v) is 2.53. The molecular formula is C21H19N3O2. The summed E-state index contributed by atoms with van der Waals surface area (Å²) in [5, 5.41) is 5.73. The minimum Gasteiger partial charge on any atom is -0.348 e. The van der Waals surface area contributed by atoms with E-state index in [4.69, 9.17) is 0 Å². The molecule has 3 rings (SSSR count). The number of pyridine rings is 1. The number of carbonyl (C=O) groups excluding carboxylic acids is 2. The van der Waals surface area contributed by atoms with Crippen molar-refractivity contribution < 1.29 is 9.59 Å². The Labute approximate surface area is 152 Å². The van der Waals surface area contributed by atoms with Gasteiger partial charge in [0, 0.05) is 30.2 Å². The van der Waals surface area contributed by atoms with Crippen molar-refractivity contribution in [2.45, 2.75) is 13.5 Å². The van der Waals surface area contributed by atoms with E-state index in [9.17, 15) is 9.59 Å². The molecule has 0 unspecified atom stereocenters. The third-order valence-electron chi connectivity index (χ3n) is 3.84. The summed E-state index contributed by atoms with van der Waals surface area (Å²) in [6, 6.07) is 18.3. The zero-order valence-electron chi connectivity index (χ0n) is 14.4. The first kappa shape index (κ1) is 17.4. The van der Waals surface area contributed by atoms with E-state index in [1.54, 1.807) is 24.4 Å². The molecule has 0 fully saturated rings. The Morgan fingerprint density at radius 1 is 0.923 bits per heavy atom. The summed E-state index contributed by atoms with van der Waals surface area (Å²) in [6.45, 7) is 2.31. The fraction of sp³-hybridized carbons (Fsp3) is 0.0952. The number of amides is 2. The number of hydrogen-bond acceptors (Lipinski definition) is 3. The molecule has 3 aromatic rings. The Bertz CT molecular complexity index is 923. The number of nitrogens with one attached hydrogen (secondary N) is 2. The molecule has 130 valence electrons. The monoisotopic (exact) mass is 345 g/mol. The maximum Gasteiger partial charge on any atom is 0.255 e. The quantitative estimate of drug-likeness (QED) is 0.742. The van der Waals surface area contributed by atoms with Crippen LogP contribution >= 0.6 is 0 Å². The van der Waals surface area contributed by atoms with Gasteiger partial charge >= 0.3 is 0 Å². The summed E-state index contributed by atoms with van der Waals surface area (Å²) >= 11 is 0. The third-order valence-corrected chi connectivity index (χ3v) is 3.84. The first-order chi connectivity index (χ1) is 12.6. The second-order valence-corrected chi connectivity index (χ2v) is 5.95. The highest BCUT2D eigenvalue weighted by Crippen LogP contribution is 2.13. The van der Waals surface area contributed by atoms with Crippen molar-refractivity contribution in [1.29, 1.82) is 0 Å². The molecule has 1 aromatic heterocycles. The van der Waals surface area contributed by atoms with Crippen LogP contribution in [-0.4, -0.2) is 16.8 Å². The number of rotatable bonds is 5. The lowest BCUT2D eigenvalue weighted by molar-refractivity contribution is 0.0949. The van der Waals surface area contributed by atoms with Crippen LogP contribution in [0.2, 0.25) is 0 Å². The summed E-state index contributed by atoms with van der Waals surface area (Å²) in [7, 11) is 0. The number of anilines is 1. The van der Waals surface area contributed by atoms with E-state index in [0.717, 1.165) is 11.1 Å². The Balaban J connectivity index is 1.63. The molecule has 5 nitrogen and oxygen atoms in total. The normalized spacial score (nSPS) is 10.2. The lowest BCUT2D eigenvalue weighted by Crippen LogP contribution is -2.23. The molecular weight excluding hydrogens is 326 g/mol. The van der Waals surface area contributed by atoms with Crippen LogP contribution in [0.15, 0.2) is 73.1 Å². The molecule has 0 saturated carbocycles. The van der Waals surface area contributed by atoms with Gasteiger partial charge < -0.3 is 10.6 Å². The number of carbonyl (C=O) groups is 2. The Morgan fingerprint density at radius 2 is 1.73 bits per heavy atom. The van der Waals surface area contributed by atoms with Crippen LogP contribution in [0.1, 0.15) is 31.8 Å². The average molecular weight is 345 g/mol. The van der Waals surface area contributed by atoms with E-state index in [1.165, 1.54) is 6.20 Å². The van der Waals surface area contributed by atoms with Crippen LogP contribution in [-0.2, 0) is 6.54 Å². The topological polar surface area (TPSA) is 71.1 Å². The van der Waals surface area contributed by atoms with Gasteiger partial charge in [-0.25, -0.2) is 0 Å². The van der Waals surface area contributed by atoms with Gasteiger partial charge in [0.05, 0.1) is 5.56 Å². The molecule has 2 aromatic carbocycles. The number of aryl methyl sites for hydroxylation is 1. The van der Waals surface area contributed by atoms with Gasteiger partial charge in [-0.15, -0.1) is 0 Å². The molecule has 0 saturated heterocycles. The number of aromatic nitrogens is 1. The standard InChI is InChI=1S/C21H19N3O2/c1-15-5-2-7-17(11-15)21(26)24-19-9-3-6-16(12-19)13-23-20(25)18-8-4-10-22-14-18/h2-12,14H,13H2,1H3,(H,23,25)(H,24,26). The van der Waals surface area contributed by atoms with Crippen LogP contribution in [0, 0.1) is 6.92 Å². The predicted molar refractivity (Wildman–Crippen MR) is 101 cm³/mol. The maximum absolute atomic E-state index is 12.3. The van der Waals surface area contributed by atoms with Crippen LogP contribution in [0.4, 0.5) is 5.69 Å². The van der Waals surface area contributed by atoms with Crippen molar-refractivity contribution in [2.24, 2.45) is 0 Å². The van der Waals surface area contributed by atoms with Crippen molar-refractivity contribution in [3.8, 4) is 0 Å². The Kier molecular flexibility index (Phi) is 5.39. The molecule has 0 aliphatic carbocycles. The van der Waals surface area contributed by atoms with E-state index < -0.39 is 0 Å². The van der Waals surface area contributed by atoms with Gasteiger partial charge in [0.25, 0.3) is 11.8 Å². The number of nitrogens with zero attached hydrogens (tertiary/aromatic N) is 1. The second kappa shape index (κ2) is 8.07. The van der Waals surface area contributed by atoms with Gasteiger partial charge in [-0.2, -0.15) is 0 Å². The molecule has 0 radical (unpaired) electrons. The molecule has 0 aliphatic rings. The molecule has 2 amide bonds. The van der Waals surface area contributed by atoms with E-state index in [1.807, 2.05) is 49.4 Å². The van der Waals surface area contributed by atoms with Crippen molar-refractivity contribution in [3.05, 3.63) is 95.3 Å². The molecule has 5 heteroatoms. The smallest absolute Gasteiger partial charge is 0.255 e. The van der Waals surface area contributed by atoms with Gasteiger partial charge in [0.15, 0.2) is 0 Å². The van der Waals surface area contributed by atoms with Crippen LogP contribution in [0.5, 0.6) is 0 Å². The average Bonchev–Trinajstić information content (AvgIpc) is 2.67. The molecule has 2 N–H and O–H groups in total. The second-order valence-electron chi connectivity index (χ2n) is 5.95.